The van der Waals surface area contributed by atoms with Crippen molar-refractivity contribution in [2.45, 2.75) is 58.3 Å². The van der Waals surface area contributed by atoms with Gasteiger partial charge in [-0.3, -0.25) is 9.89 Å². The first-order valence-corrected chi connectivity index (χ1v) is 7.98. The zero-order valence-electron chi connectivity index (χ0n) is 14.4. The van der Waals surface area contributed by atoms with Crippen LogP contribution in [-0.2, 0) is 0 Å². The van der Waals surface area contributed by atoms with Crippen molar-refractivity contribution in [1.29, 1.82) is 0 Å². The van der Waals surface area contributed by atoms with Gasteiger partial charge in [-0.15, -0.1) is 24.0 Å². The second-order valence-electron chi connectivity index (χ2n) is 6.57. The van der Waals surface area contributed by atoms with E-state index in [0.717, 1.165) is 12.8 Å². The van der Waals surface area contributed by atoms with Crippen LogP contribution < -0.4 is 10.6 Å². The lowest BCUT2D eigenvalue weighted by Gasteiger charge is -2.22. The van der Waals surface area contributed by atoms with E-state index in [1.807, 2.05) is 0 Å². The third kappa shape index (κ3) is 10.3. The van der Waals surface area contributed by atoms with Crippen LogP contribution in [0.25, 0.3) is 0 Å². The molecule has 1 fully saturated rings. The average molecular weight is 450 g/mol. The molecule has 2 atom stereocenters. The first kappa shape index (κ1) is 22.8. The Labute approximate surface area is 154 Å². The van der Waals surface area contributed by atoms with Crippen molar-refractivity contribution in [2.75, 3.05) is 26.7 Å². The fourth-order valence-electron chi connectivity index (χ4n) is 2.60. The molecular formula is C15H30F3IN4. The van der Waals surface area contributed by atoms with Gasteiger partial charge < -0.3 is 10.6 Å². The van der Waals surface area contributed by atoms with Crippen LogP contribution in [0.15, 0.2) is 4.99 Å². The molecule has 138 valence electrons. The van der Waals surface area contributed by atoms with Crippen molar-refractivity contribution in [3.63, 3.8) is 0 Å². The summed E-state index contributed by atoms with van der Waals surface area (Å²) in [4.78, 5) is 5.61. The fraction of sp³-hybridized carbons (Fsp3) is 0.933. The molecule has 1 aliphatic rings. The second-order valence-corrected chi connectivity index (χ2v) is 6.57. The minimum atomic E-state index is -4.12. The number of likely N-dealkylation sites (tertiary alicyclic amines) is 1. The van der Waals surface area contributed by atoms with E-state index in [9.17, 15) is 13.2 Å². The number of halogens is 4. The van der Waals surface area contributed by atoms with Crippen LogP contribution in [0.5, 0.6) is 0 Å². The SMILES string of the molecule is CN=C(NC(C)CCC(C)C)NC1CCN(CC(F)(F)F)C1.I. The van der Waals surface area contributed by atoms with E-state index in [2.05, 4.69) is 36.4 Å². The van der Waals surface area contributed by atoms with Crippen molar-refractivity contribution < 1.29 is 13.2 Å². The van der Waals surface area contributed by atoms with Gasteiger partial charge in [0.2, 0.25) is 0 Å². The lowest BCUT2D eigenvalue weighted by atomic mass is 10.0. The van der Waals surface area contributed by atoms with E-state index in [4.69, 9.17) is 0 Å². The van der Waals surface area contributed by atoms with Gasteiger partial charge in [0, 0.05) is 32.2 Å². The number of aliphatic imine (C=N–C) groups is 1. The molecule has 0 amide bonds. The van der Waals surface area contributed by atoms with E-state index in [1.54, 1.807) is 7.05 Å². The summed E-state index contributed by atoms with van der Waals surface area (Å²) in [6.45, 7) is 6.51. The van der Waals surface area contributed by atoms with Crippen molar-refractivity contribution in [2.24, 2.45) is 10.9 Å². The van der Waals surface area contributed by atoms with Gasteiger partial charge in [0.15, 0.2) is 5.96 Å². The van der Waals surface area contributed by atoms with Crippen molar-refractivity contribution in [3.05, 3.63) is 0 Å². The molecule has 4 nitrogen and oxygen atoms in total. The standard InChI is InChI=1S/C15H29F3N4.HI/c1-11(2)5-6-12(3)20-14(19-4)21-13-7-8-22(9-13)10-15(16,17)18;/h11-13H,5-10H2,1-4H3,(H2,19,20,21);1H. The minimum absolute atomic E-state index is 0. The van der Waals surface area contributed by atoms with Gasteiger partial charge in [0.25, 0.3) is 0 Å². The summed E-state index contributed by atoms with van der Waals surface area (Å²) >= 11 is 0. The molecule has 0 aliphatic carbocycles. The Balaban J connectivity index is 0.00000484. The van der Waals surface area contributed by atoms with Gasteiger partial charge in [-0.25, -0.2) is 0 Å². The second kappa shape index (κ2) is 10.6. The van der Waals surface area contributed by atoms with Crippen LogP contribution >= 0.6 is 24.0 Å². The number of alkyl halides is 3. The van der Waals surface area contributed by atoms with Crippen molar-refractivity contribution in [1.82, 2.24) is 15.5 Å². The monoisotopic (exact) mass is 450 g/mol. The van der Waals surface area contributed by atoms with E-state index in [0.29, 0.717) is 37.4 Å². The molecule has 0 aromatic rings. The molecule has 1 heterocycles. The molecule has 0 bridgehead atoms. The summed E-state index contributed by atoms with van der Waals surface area (Å²) in [5, 5.41) is 6.54. The maximum Gasteiger partial charge on any atom is 0.401 e. The third-order valence-corrected chi connectivity index (χ3v) is 3.80. The zero-order valence-corrected chi connectivity index (χ0v) is 16.7. The number of hydrogen-bond acceptors (Lipinski definition) is 2. The average Bonchev–Trinajstić information content (AvgIpc) is 2.80. The molecule has 0 radical (unpaired) electrons. The van der Waals surface area contributed by atoms with Crippen molar-refractivity contribution >= 4 is 29.9 Å². The molecule has 1 saturated heterocycles. The number of nitrogens with zero attached hydrogens (tertiary/aromatic N) is 2. The van der Waals surface area contributed by atoms with Crippen LogP contribution in [-0.4, -0.2) is 55.8 Å². The van der Waals surface area contributed by atoms with Crippen LogP contribution in [0.4, 0.5) is 13.2 Å². The summed E-state index contributed by atoms with van der Waals surface area (Å²) < 4.78 is 37.2. The van der Waals surface area contributed by atoms with E-state index in [1.165, 1.54) is 4.90 Å². The summed E-state index contributed by atoms with van der Waals surface area (Å²) in [5.74, 6) is 1.33. The van der Waals surface area contributed by atoms with Crippen LogP contribution in [0.1, 0.15) is 40.0 Å². The van der Waals surface area contributed by atoms with Gasteiger partial charge in [-0.2, -0.15) is 13.2 Å². The molecule has 0 saturated carbocycles. The molecule has 8 heteroatoms. The summed E-state index contributed by atoms with van der Waals surface area (Å²) in [6.07, 6.45) is -1.24. The largest absolute Gasteiger partial charge is 0.401 e. The Kier molecular flexibility index (Phi) is 10.5. The van der Waals surface area contributed by atoms with E-state index >= 15 is 0 Å². The maximum absolute atomic E-state index is 12.4. The topological polar surface area (TPSA) is 39.7 Å². The first-order valence-electron chi connectivity index (χ1n) is 7.98. The Morgan fingerprint density at radius 3 is 2.43 bits per heavy atom. The van der Waals surface area contributed by atoms with Crippen LogP contribution in [0.2, 0.25) is 0 Å². The molecule has 2 N–H and O–H groups in total. The van der Waals surface area contributed by atoms with Crippen molar-refractivity contribution in [3.8, 4) is 0 Å². The summed E-state index contributed by atoms with van der Waals surface area (Å²) in [5.41, 5.74) is 0. The van der Waals surface area contributed by atoms with Gasteiger partial charge in [0.1, 0.15) is 0 Å². The fourth-order valence-corrected chi connectivity index (χ4v) is 2.60. The highest BCUT2D eigenvalue weighted by Crippen LogP contribution is 2.19. The molecule has 0 aromatic carbocycles. The van der Waals surface area contributed by atoms with Gasteiger partial charge in [-0.05, 0) is 32.1 Å². The minimum Gasteiger partial charge on any atom is -0.354 e. The third-order valence-electron chi connectivity index (χ3n) is 3.80. The zero-order chi connectivity index (χ0) is 16.8. The predicted molar refractivity (Wildman–Crippen MR) is 99.5 cm³/mol. The Hall–Kier alpha value is -0.250. The van der Waals surface area contributed by atoms with Crippen LogP contribution in [0, 0.1) is 5.92 Å². The molecule has 0 aromatic heterocycles. The van der Waals surface area contributed by atoms with Crippen LogP contribution in [0.3, 0.4) is 0 Å². The quantitative estimate of drug-likeness (QED) is 0.371. The van der Waals surface area contributed by atoms with Gasteiger partial charge in [-0.1, -0.05) is 13.8 Å². The highest BCUT2D eigenvalue weighted by molar-refractivity contribution is 14.0. The lowest BCUT2D eigenvalue weighted by molar-refractivity contribution is -0.143. The molecule has 2 unspecified atom stereocenters. The Bertz CT molecular complexity index is 361. The van der Waals surface area contributed by atoms with Gasteiger partial charge >= 0.3 is 6.18 Å². The Morgan fingerprint density at radius 2 is 1.91 bits per heavy atom. The van der Waals surface area contributed by atoms with E-state index in [-0.39, 0.29) is 30.0 Å². The maximum atomic E-state index is 12.4. The molecule has 1 aliphatic heterocycles. The number of hydrogen-bond donors (Lipinski definition) is 2. The summed E-state index contributed by atoms with van der Waals surface area (Å²) in [6, 6.07) is 0.312. The number of nitrogens with one attached hydrogen (secondary N) is 2. The predicted octanol–water partition coefficient (Wildman–Crippen LogP) is 3.23. The normalized spacial score (nSPS) is 21.2. The molecular weight excluding hydrogens is 420 g/mol. The molecule has 1 rings (SSSR count). The first-order chi connectivity index (χ1) is 10.2. The highest BCUT2D eigenvalue weighted by Gasteiger charge is 2.34. The van der Waals surface area contributed by atoms with Gasteiger partial charge in [0.05, 0.1) is 6.54 Å². The number of rotatable bonds is 6. The number of guanidine groups is 1. The molecule has 23 heavy (non-hydrogen) atoms. The molecule has 0 spiro atoms. The van der Waals surface area contributed by atoms with E-state index < -0.39 is 12.7 Å². The lowest BCUT2D eigenvalue weighted by Crippen LogP contribution is -2.47. The highest BCUT2D eigenvalue weighted by atomic mass is 127. The Morgan fingerprint density at radius 1 is 1.26 bits per heavy atom. The summed E-state index contributed by atoms with van der Waals surface area (Å²) in [7, 11) is 1.69. The smallest absolute Gasteiger partial charge is 0.354 e.